The topological polar surface area (TPSA) is 84.4 Å². The van der Waals surface area contributed by atoms with Gasteiger partial charge in [0.1, 0.15) is 0 Å². The molecule has 1 aromatic carbocycles. The molecule has 176 valence electrons. The molecule has 2 N–H and O–H groups in total. The van der Waals surface area contributed by atoms with E-state index in [2.05, 4.69) is 20.4 Å². The number of carbonyl (C=O) groups excluding carboxylic acids is 1. The summed E-state index contributed by atoms with van der Waals surface area (Å²) in [6.07, 6.45) is 1.27. The van der Waals surface area contributed by atoms with Crippen LogP contribution in [0.5, 0.6) is 11.5 Å². The van der Waals surface area contributed by atoms with Gasteiger partial charge in [0.2, 0.25) is 0 Å². The van der Waals surface area contributed by atoms with E-state index in [9.17, 15) is 13.6 Å². The molecule has 1 aromatic rings. The summed E-state index contributed by atoms with van der Waals surface area (Å²) >= 11 is 0. The highest BCUT2D eigenvalue weighted by molar-refractivity contribution is 14.0. The molecule has 1 saturated heterocycles. The van der Waals surface area contributed by atoms with Gasteiger partial charge in [0.05, 0.1) is 20.3 Å². The minimum Gasteiger partial charge on any atom is -0.493 e. The SMILES string of the molecule is CCNC(=NCc1ccc(OC)c(OC(F)F)c1)NC1CCN(C(=O)OCC)CC1.I. The summed E-state index contributed by atoms with van der Waals surface area (Å²) in [5.41, 5.74) is 0.709. The van der Waals surface area contributed by atoms with Crippen molar-refractivity contribution in [3.8, 4) is 11.5 Å². The molecule has 0 bridgehead atoms. The van der Waals surface area contributed by atoms with Gasteiger partial charge < -0.3 is 29.7 Å². The second-order valence-electron chi connectivity index (χ2n) is 6.66. The van der Waals surface area contributed by atoms with E-state index in [4.69, 9.17) is 9.47 Å². The van der Waals surface area contributed by atoms with E-state index in [0.717, 1.165) is 12.8 Å². The molecule has 0 saturated carbocycles. The largest absolute Gasteiger partial charge is 0.493 e. The molecule has 0 unspecified atom stereocenters. The molecule has 1 aliphatic heterocycles. The first kappa shape index (κ1) is 27.0. The molecule has 0 atom stereocenters. The Hall–Kier alpha value is -2.05. The third-order valence-electron chi connectivity index (χ3n) is 4.57. The van der Waals surface area contributed by atoms with E-state index < -0.39 is 6.61 Å². The van der Waals surface area contributed by atoms with Crippen LogP contribution in [0.15, 0.2) is 23.2 Å². The first-order chi connectivity index (χ1) is 14.5. The van der Waals surface area contributed by atoms with Crippen molar-refractivity contribution in [2.45, 2.75) is 45.9 Å². The highest BCUT2D eigenvalue weighted by atomic mass is 127. The lowest BCUT2D eigenvalue weighted by atomic mass is 10.1. The van der Waals surface area contributed by atoms with Crippen LogP contribution in [0.25, 0.3) is 0 Å². The van der Waals surface area contributed by atoms with Crippen molar-refractivity contribution < 1.29 is 27.8 Å². The van der Waals surface area contributed by atoms with Gasteiger partial charge in [0, 0.05) is 25.7 Å². The Kier molecular flexibility index (Phi) is 12.3. The maximum atomic E-state index is 12.6. The van der Waals surface area contributed by atoms with Crippen LogP contribution in [-0.2, 0) is 11.3 Å². The summed E-state index contributed by atoms with van der Waals surface area (Å²) < 4.78 is 39.8. The van der Waals surface area contributed by atoms with Crippen molar-refractivity contribution in [1.29, 1.82) is 0 Å². The number of likely N-dealkylation sites (tertiary alicyclic amines) is 1. The fourth-order valence-corrected chi connectivity index (χ4v) is 3.11. The van der Waals surface area contributed by atoms with Crippen LogP contribution in [0.2, 0.25) is 0 Å². The number of ether oxygens (including phenoxy) is 3. The van der Waals surface area contributed by atoms with Gasteiger partial charge in [-0.15, -0.1) is 24.0 Å². The average Bonchev–Trinajstić information content (AvgIpc) is 2.72. The number of carbonyl (C=O) groups is 1. The van der Waals surface area contributed by atoms with Gasteiger partial charge in [0.25, 0.3) is 0 Å². The third kappa shape index (κ3) is 8.91. The van der Waals surface area contributed by atoms with E-state index in [1.54, 1.807) is 24.0 Å². The van der Waals surface area contributed by atoms with Gasteiger partial charge in [-0.2, -0.15) is 8.78 Å². The molecule has 0 spiro atoms. The van der Waals surface area contributed by atoms with Crippen LogP contribution in [0.1, 0.15) is 32.3 Å². The number of nitrogens with one attached hydrogen (secondary N) is 2. The Morgan fingerprint density at radius 2 is 1.97 bits per heavy atom. The Bertz CT molecular complexity index is 716. The standard InChI is InChI=1S/C20H30F2N4O4.HI/c1-4-23-19(25-15-8-10-26(11-9-15)20(27)29-5-2)24-13-14-6-7-16(28-3)17(12-14)30-18(21)22;/h6-7,12,15,18H,4-5,8-11,13H2,1-3H3,(H2,23,24,25);1H. The number of hydrogen-bond donors (Lipinski definition) is 2. The number of halogens is 3. The number of nitrogens with zero attached hydrogens (tertiary/aromatic N) is 2. The van der Waals surface area contributed by atoms with Crippen LogP contribution >= 0.6 is 24.0 Å². The summed E-state index contributed by atoms with van der Waals surface area (Å²) in [5.74, 6) is 0.838. The Morgan fingerprint density at radius 1 is 1.26 bits per heavy atom. The monoisotopic (exact) mass is 556 g/mol. The van der Waals surface area contributed by atoms with Crippen LogP contribution in [0, 0.1) is 0 Å². The van der Waals surface area contributed by atoms with Crippen molar-refractivity contribution in [3.05, 3.63) is 23.8 Å². The zero-order chi connectivity index (χ0) is 21.9. The van der Waals surface area contributed by atoms with Gasteiger partial charge in [0.15, 0.2) is 17.5 Å². The van der Waals surface area contributed by atoms with Crippen molar-refractivity contribution in [2.24, 2.45) is 4.99 Å². The fraction of sp³-hybridized carbons (Fsp3) is 0.600. The first-order valence-corrected chi connectivity index (χ1v) is 10.0. The summed E-state index contributed by atoms with van der Waals surface area (Å²) in [7, 11) is 1.39. The quantitative estimate of drug-likeness (QED) is 0.290. The van der Waals surface area contributed by atoms with Crippen molar-refractivity contribution >= 4 is 36.0 Å². The van der Waals surface area contributed by atoms with Crippen molar-refractivity contribution in [1.82, 2.24) is 15.5 Å². The second kappa shape index (κ2) is 14.1. The van der Waals surface area contributed by atoms with E-state index in [0.29, 0.717) is 37.8 Å². The van der Waals surface area contributed by atoms with E-state index >= 15 is 0 Å². The molecule has 1 amide bonds. The van der Waals surface area contributed by atoms with Crippen LogP contribution < -0.4 is 20.1 Å². The van der Waals surface area contributed by atoms with Crippen molar-refractivity contribution in [2.75, 3.05) is 33.4 Å². The molecule has 2 rings (SSSR count). The number of benzene rings is 1. The third-order valence-corrected chi connectivity index (χ3v) is 4.57. The smallest absolute Gasteiger partial charge is 0.409 e. The molecule has 1 fully saturated rings. The van der Waals surface area contributed by atoms with Gasteiger partial charge >= 0.3 is 12.7 Å². The van der Waals surface area contributed by atoms with Crippen LogP contribution in [-0.4, -0.2) is 63.0 Å². The summed E-state index contributed by atoms with van der Waals surface area (Å²) in [6.45, 7) is 3.36. The zero-order valence-electron chi connectivity index (χ0n) is 18.0. The van der Waals surface area contributed by atoms with Crippen molar-refractivity contribution in [3.63, 3.8) is 0 Å². The number of methoxy groups -OCH3 is 1. The van der Waals surface area contributed by atoms with Gasteiger partial charge in [-0.3, -0.25) is 0 Å². The predicted molar refractivity (Wildman–Crippen MR) is 125 cm³/mol. The van der Waals surface area contributed by atoms with Crippen LogP contribution in [0.4, 0.5) is 13.6 Å². The summed E-state index contributed by atoms with van der Waals surface area (Å²) in [6, 6.07) is 4.99. The molecule has 1 aliphatic rings. The molecule has 31 heavy (non-hydrogen) atoms. The Labute approximate surface area is 198 Å². The van der Waals surface area contributed by atoms with Gasteiger partial charge in [-0.1, -0.05) is 6.07 Å². The molecule has 0 aliphatic carbocycles. The summed E-state index contributed by atoms with van der Waals surface area (Å²) in [5, 5.41) is 6.55. The minimum atomic E-state index is -2.93. The average molecular weight is 556 g/mol. The predicted octanol–water partition coefficient (Wildman–Crippen LogP) is 3.59. The number of aliphatic imine (C=N–C) groups is 1. The Morgan fingerprint density at radius 3 is 2.55 bits per heavy atom. The second-order valence-corrected chi connectivity index (χ2v) is 6.66. The molecule has 0 aromatic heterocycles. The van der Waals surface area contributed by atoms with E-state index in [1.807, 2.05) is 6.92 Å². The number of guanidine groups is 1. The lowest BCUT2D eigenvalue weighted by Gasteiger charge is -2.32. The normalized spacial score (nSPS) is 14.6. The number of hydrogen-bond acceptors (Lipinski definition) is 5. The number of rotatable bonds is 8. The van der Waals surface area contributed by atoms with E-state index in [1.165, 1.54) is 13.2 Å². The number of alkyl halides is 2. The van der Waals surface area contributed by atoms with E-state index in [-0.39, 0.29) is 54.2 Å². The number of amides is 1. The Balaban J connectivity index is 0.00000480. The minimum absolute atomic E-state index is 0. The van der Waals surface area contributed by atoms with Crippen LogP contribution in [0.3, 0.4) is 0 Å². The molecule has 11 heteroatoms. The highest BCUT2D eigenvalue weighted by Crippen LogP contribution is 2.29. The summed E-state index contributed by atoms with van der Waals surface area (Å²) in [4.78, 5) is 18.1. The zero-order valence-corrected chi connectivity index (χ0v) is 20.4. The lowest BCUT2D eigenvalue weighted by molar-refractivity contribution is -0.0512. The highest BCUT2D eigenvalue weighted by Gasteiger charge is 2.24. The fourth-order valence-electron chi connectivity index (χ4n) is 3.11. The van der Waals surface area contributed by atoms with Gasteiger partial charge in [-0.25, -0.2) is 9.79 Å². The molecular weight excluding hydrogens is 525 g/mol. The van der Waals surface area contributed by atoms with Gasteiger partial charge in [-0.05, 0) is 44.4 Å². The lowest BCUT2D eigenvalue weighted by Crippen LogP contribution is -2.49. The number of piperidine rings is 1. The maximum absolute atomic E-state index is 12.6. The maximum Gasteiger partial charge on any atom is 0.409 e. The molecule has 8 nitrogen and oxygen atoms in total. The molecular formula is C20H31F2IN4O4. The molecule has 0 radical (unpaired) electrons. The first-order valence-electron chi connectivity index (χ1n) is 10.0. The molecule has 1 heterocycles.